The minimum Gasteiger partial charge on any atom is -0.484 e. The fourth-order valence-electron chi connectivity index (χ4n) is 3.29. The third kappa shape index (κ3) is 7.37. The summed E-state index contributed by atoms with van der Waals surface area (Å²) < 4.78 is 5.48. The molecule has 0 bridgehead atoms. The molecule has 4 rings (SSSR count). The van der Waals surface area contributed by atoms with E-state index in [-0.39, 0.29) is 18.4 Å². The summed E-state index contributed by atoms with van der Waals surface area (Å²) in [4.78, 5) is 26.3. The SMILES string of the molecule is O=C(COc1ccccc1)Nc1ccc(SC(C(=O)Nc2cccc(Cl)c2)c2ccccc2)cc1. The summed E-state index contributed by atoms with van der Waals surface area (Å²) in [5.41, 5.74) is 2.17. The largest absolute Gasteiger partial charge is 0.484 e. The van der Waals surface area contributed by atoms with Gasteiger partial charge in [0.2, 0.25) is 5.91 Å². The summed E-state index contributed by atoms with van der Waals surface area (Å²) in [7, 11) is 0. The van der Waals surface area contributed by atoms with Gasteiger partial charge in [-0.3, -0.25) is 9.59 Å². The van der Waals surface area contributed by atoms with Gasteiger partial charge in [0.25, 0.3) is 5.91 Å². The van der Waals surface area contributed by atoms with Crippen molar-refractivity contribution in [3.63, 3.8) is 0 Å². The average molecular weight is 503 g/mol. The van der Waals surface area contributed by atoms with Crippen LogP contribution < -0.4 is 15.4 Å². The summed E-state index contributed by atoms with van der Waals surface area (Å²) in [6.45, 7) is -0.0831. The van der Waals surface area contributed by atoms with Gasteiger partial charge in [-0.2, -0.15) is 0 Å². The Labute approximate surface area is 213 Å². The van der Waals surface area contributed by atoms with Gasteiger partial charge in [0.05, 0.1) is 0 Å². The number of amides is 2. The molecule has 35 heavy (non-hydrogen) atoms. The van der Waals surface area contributed by atoms with Crippen molar-refractivity contribution >= 4 is 46.6 Å². The fourth-order valence-corrected chi connectivity index (χ4v) is 4.51. The highest BCUT2D eigenvalue weighted by Gasteiger charge is 2.22. The molecule has 176 valence electrons. The molecule has 0 aliphatic carbocycles. The van der Waals surface area contributed by atoms with Crippen LogP contribution in [0.3, 0.4) is 0 Å². The van der Waals surface area contributed by atoms with Crippen molar-refractivity contribution in [3.05, 3.63) is 120 Å². The van der Waals surface area contributed by atoms with Gasteiger partial charge in [-0.25, -0.2) is 0 Å². The van der Waals surface area contributed by atoms with Crippen molar-refractivity contribution in [1.82, 2.24) is 0 Å². The highest BCUT2D eigenvalue weighted by Crippen LogP contribution is 2.36. The Kier molecular flexibility index (Phi) is 8.44. The zero-order valence-corrected chi connectivity index (χ0v) is 20.3. The van der Waals surface area contributed by atoms with E-state index < -0.39 is 5.25 Å². The zero-order valence-electron chi connectivity index (χ0n) is 18.7. The Morgan fingerprint density at radius 1 is 0.771 bits per heavy atom. The molecule has 7 heteroatoms. The average Bonchev–Trinajstić information content (AvgIpc) is 2.88. The van der Waals surface area contributed by atoms with E-state index in [4.69, 9.17) is 16.3 Å². The quantitative estimate of drug-likeness (QED) is 0.246. The summed E-state index contributed by atoms with van der Waals surface area (Å²) in [6.07, 6.45) is 0. The molecule has 4 aromatic carbocycles. The molecule has 2 amide bonds. The minimum absolute atomic E-state index is 0.0831. The van der Waals surface area contributed by atoms with Crippen molar-refractivity contribution in [2.75, 3.05) is 17.2 Å². The molecule has 2 N–H and O–H groups in total. The van der Waals surface area contributed by atoms with E-state index in [1.165, 1.54) is 11.8 Å². The monoisotopic (exact) mass is 502 g/mol. The molecular formula is C28H23ClN2O3S. The smallest absolute Gasteiger partial charge is 0.262 e. The zero-order chi connectivity index (χ0) is 24.5. The van der Waals surface area contributed by atoms with Gasteiger partial charge in [-0.1, -0.05) is 66.2 Å². The second-order valence-corrected chi connectivity index (χ2v) is 9.20. The first-order valence-corrected chi connectivity index (χ1v) is 12.2. The molecule has 0 saturated heterocycles. The number of rotatable bonds is 9. The first-order valence-electron chi connectivity index (χ1n) is 10.9. The van der Waals surface area contributed by atoms with Crippen LogP contribution in [0.25, 0.3) is 0 Å². The Balaban J connectivity index is 1.40. The van der Waals surface area contributed by atoms with E-state index in [0.29, 0.717) is 22.1 Å². The highest BCUT2D eigenvalue weighted by atomic mass is 35.5. The summed E-state index contributed by atoms with van der Waals surface area (Å²) >= 11 is 7.49. The molecule has 0 aliphatic heterocycles. The van der Waals surface area contributed by atoms with Crippen LogP contribution in [-0.2, 0) is 9.59 Å². The number of thioether (sulfide) groups is 1. The maximum Gasteiger partial charge on any atom is 0.262 e. The first kappa shape index (κ1) is 24.4. The van der Waals surface area contributed by atoms with Gasteiger partial charge < -0.3 is 15.4 Å². The number of benzene rings is 4. The number of hydrogen-bond donors (Lipinski definition) is 2. The van der Waals surface area contributed by atoms with E-state index in [0.717, 1.165) is 10.5 Å². The molecule has 0 spiro atoms. The van der Waals surface area contributed by atoms with Crippen molar-refractivity contribution < 1.29 is 14.3 Å². The van der Waals surface area contributed by atoms with Gasteiger partial charge in [-0.15, -0.1) is 11.8 Å². The van der Waals surface area contributed by atoms with Crippen molar-refractivity contribution in [1.29, 1.82) is 0 Å². The maximum absolute atomic E-state index is 13.2. The predicted molar refractivity (Wildman–Crippen MR) is 142 cm³/mol. The van der Waals surface area contributed by atoms with E-state index >= 15 is 0 Å². The number of ether oxygens (including phenoxy) is 1. The number of halogens is 1. The van der Waals surface area contributed by atoms with Gasteiger partial charge in [0.15, 0.2) is 6.61 Å². The van der Waals surface area contributed by atoms with Gasteiger partial charge in [-0.05, 0) is 60.2 Å². The van der Waals surface area contributed by atoms with E-state index in [2.05, 4.69) is 10.6 Å². The Hall–Kier alpha value is -3.74. The number of para-hydroxylation sites is 1. The summed E-state index contributed by atoms with van der Waals surface area (Å²) in [5.74, 6) is 0.230. The molecule has 0 saturated carbocycles. The Morgan fingerprint density at radius 2 is 1.46 bits per heavy atom. The van der Waals surface area contributed by atoms with Crippen LogP contribution in [-0.4, -0.2) is 18.4 Å². The highest BCUT2D eigenvalue weighted by molar-refractivity contribution is 8.00. The lowest BCUT2D eigenvalue weighted by Gasteiger charge is -2.17. The number of hydrogen-bond acceptors (Lipinski definition) is 4. The van der Waals surface area contributed by atoms with Crippen molar-refractivity contribution in [2.24, 2.45) is 0 Å². The van der Waals surface area contributed by atoms with Crippen LogP contribution in [0.5, 0.6) is 5.75 Å². The van der Waals surface area contributed by atoms with Gasteiger partial charge >= 0.3 is 0 Å². The topological polar surface area (TPSA) is 67.4 Å². The second-order valence-electron chi connectivity index (χ2n) is 7.58. The molecule has 0 aliphatic rings. The maximum atomic E-state index is 13.2. The molecule has 0 radical (unpaired) electrons. The fraction of sp³-hybridized carbons (Fsp3) is 0.0714. The third-order valence-electron chi connectivity index (χ3n) is 4.94. The lowest BCUT2D eigenvalue weighted by Crippen LogP contribution is -2.20. The first-order chi connectivity index (χ1) is 17.1. The van der Waals surface area contributed by atoms with E-state index in [1.807, 2.05) is 60.7 Å². The molecular weight excluding hydrogens is 480 g/mol. The van der Waals surface area contributed by atoms with Crippen LogP contribution in [0, 0.1) is 0 Å². The molecule has 4 aromatic rings. The summed E-state index contributed by atoms with van der Waals surface area (Å²) in [6, 6.07) is 33.2. The van der Waals surface area contributed by atoms with Crippen LogP contribution in [0.2, 0.25) is 5.02 Å². The summed E-state index contributed by atoms with van der Waals surface area (Å²) in [5, 5.41) is 5.85. The Morgan fingerprint density at radius 3 is 2.14 bits per heavy atom. The number of carbonyl (C=O) groups excluding carboxylic acids is 2. The molecule has 1 atom stereocenters. The lowest BCUT2D eigenvalue weighted by atomic mass is 10.1. The van der Waals surface area contributed by atoms with Crippen molar-refractivity contribution in [2.45, 2.75) is 10.1 Å². The molecule has 0 aromatic heterocycles. The number of carbonyl (C=O) groups is 2. The standard InChI is InChI=1S/C28H23ClN2O3S/c29-21-10-7-11-23(18-21)31-28(33)27(20-8-3-1-4-9-20)35-25-16-14-22(15-17-25)30-26(32)19-34-24-12-5-2-6-13-24/h1-18,27H,19H2,(H,30,32)(H,31,33). The minimum atomic E-state index is -0.477. The molecule has 0 fully saturated rings. The van der Waals surface area contributed by atoms with Crippen LogP contribution in [0.4, 0.5) is 11.4 Å². The van der Waals surface area contributed by atoms with Crippen LogP contribution in [0.15, 0.2) is 114 Å². The molecule has 1 unspecified atom stereocenters. The van der Waals surface area contributed by atoms with E-state index in [1.54, 1.807) is 48.5 Å². The van der Waals surface area contributed by atoms with Gasteiger partial charge in [0.1, 0.15) is 11.0 Å². The van der Waals surface area contributed by atoms with Crippen LogP contribution in [0.1, 0.15) is 10.8 Å². The van der Waals surface area contributed by atoms with Crippen molar-refractivity contribution in [3.8, 4) is 5.75 Å². The second kappa shape index (κ2) is 12.1. The Bertz CT molecular complexity index is 1270. The third-order valence-corrected chi connectivity index (χ3v) is 6.44. The predicted octanol–water partition coefficient (Wildman–Crippen LogP) is 6.83. The van der Waals surface area contributed by atoms with Gasteiger partial charge in [0, 0.05) is 21.3 Å². The number of anilines is 2. The molecule has 5 nitrogen and oxygen atoms in total. The molecule has 0 heterocycles. The lowest BCUT2D eigenvalue weighted by molar-refractivity contribution is -0.118. The van der Waals surface area contributed by atoms with E-state index in [9.17, 15) is 9.59 Å². The normalized spacial score (nSPS) is 11.3. The van der Waals surface area contributed by atoms with Crippen LogP contribution >= 0.6 is 23.4 Å². The number of nitrogens with one attached hydrogen (secondary N) is 2.